The first-order valence-electron chi connectivity index (χ1n) is 9.09. The van der Waals surface area contributed by atoms with Gasteiger partial charge in [-0.2, -0.15) is 0 Å². The number of hydrogen-bond donors (Lipinski definition) is 1. The molecule has 0 aliphatic carbocycles. The van der Waals surface area contributed by atoms with Gasteiger partial charge in [0.15, 0.2) is 0 Å². The molecule has 26 heavy (non-hydrogen) atoms. The number of amides is 1. The van der Waals surface area contributed by atoms with E-state index in [0.717, 1.165) is 25.9 Å². The Kier molecular flexibility index (Phi) is 6.63. The van der Waals surface area contributed by atoms with Gasteiger partial charge in [-0.1, -0.05) is 6.07 Å². The molecule has 1 aromatic heterocycles. The molecule has 0 unspecified atom stereocenters. The van der Waals surface area contributed by atoms with Crippen molar-refractivity contribution in [1.82, 2.24) is 10.2 Å². The van der Waals surface area contributed by atoms with E-state index in [2.05, 4.69) is 28.6 Å². The highest BCUT2D eigenvalue weighted by Gasteiger charge is 2.34. The van der Waals surface area contributed by atoms with Crippen LogP contribution in [0.3, 0.4) is 0 Å². The molecule has 1 aliphatic rings. The van der Waals surface area contributed by atoms with Crippen molar-refractivity contribution in [3.05, 3.63) is 52.5 Å². The number of halogens is 1. The van der Waals surface area contributed by atoms with Gasteiger partial charge >= 0.3 is 0 Å². The molecule has 0 saturated carbocycles. The van der Waals surface area contributed by atoms with E-state index in [0.29, 0.717) is 24.8 Å². The van der Waals surface area contributed by atoms with E-state index >= 15 is 0 Å². The molecule has 2 heterocycles. The first kappa shape index (κ1) is 18.9. The molecule has 2 aromatic rings. The number of benzene rings is 1. The van der Waals surface area contributed by atoms with Crippen LogP contribution in [0.5, 0.6) is 5.75 Å². The number of carbonyl (C=O) groups excluding carboxylic acids is 1. The lowest BCUT2D eigenvalue weighted by molar-refractivity contribution is -0.131. The highest BCUT2D eigenvalue weighted by Crippen LogP contribution is 2.33. The molecule has 3 rings (SSSR count). The molecule has 0 spiro atoms. The van der Waals surface area contributed by atoms with Crippen LogP contribution in [0.2, 0.25) is 0 Å². The third kappa shape index (κ3) is 4.83. The fourth-order valence-electron chi connectivity index (χ4n) is 3.41. The van der Waals surface area contributed by atoms with E-state index in [-0.39, 0.29) is 17.8 Å². The van der Waals surface area contributed by atoms with Gasteiger partial charge in [0, 0.05) is 23.9 Å². The first-order valence-corrected chi connectivity index (χ1v) is 9.97. The first-order chi connectivity index (χ1) is 12.6. The Hall–Kier alpha value is -1.92. The molecule has 1 N–H and O–H groups in total. The average Bonchev–Trinajstić information content (AvgIpc) is 3.29. The maximum absolute atomic E-state index is 12.8. The predicted octanol–water partition coefficient (Wildman–Crippen LogP) is 4.00. The topological polar surface area (TPSA) is 41.6 Å². The summed E-state index contributed by atoms with van der Waals surface area (Å²) in [4.78, 5) is 15.6. The van der Waals surface area contributed by atoms with E-state index in [1.54, 1.807) is 23.5 Å². The Bertz CT molecular complexity index is 690. The third-order valence-electron chi connectivity index (χ3n) is 4.76. The second-order valence-electron chi connectivity index (χ2n) is 6.53. The fraction of sp³-hybridized carbons (Fsp3) is 0.450. The summed E-state index contributed by atoms with van der Waals surface area (Å²) in [5, 5.41) is 5.43. The van der Waals surface area contributed by atoms with Crippen LogP contribution in [0.15, 0.2) is 41.8 Å². The predicted molar refractivity (Wildman–Crippen MR) is 102 cm³/mol. The molecule has 6 heteroatoms. The highest BCUT2D eigenvalue weighted by molar-refractivity contribution is 7.10. The smallest absolute Gasteiger partial charge is 0.223 e. The zero-order valence-electron chi connectivity index (χ0n) is 15.0. The van der Waals surface area contributed by atoms with Gasteiger partial charge in [0.05, 0.1) is 6.04 Å². The van der Waals surface area contributed by atoms with Crippen LogP contribution >= 0.6 is 11.3 Å². The van der Waals surface area contributed by atoms with Gasteiger partial charge in [-0.15, -0.1) is 11.3 Å². The number of hydrogen-bond acceptors (Lipinski definition) is 4. The summed E-state index contributed by atoms with van der Waals surface area (Å²) < 4.78 is 18.4. The van der Waals surface area contributed by atoms with Crippen LogP contribution in [0.25, 0.3) is 0 Å². The number of rotatable bonds is 9. The maximum atomic E-state index is 12.8. The van der Waals surface area contributed by atoms with Gasteiger partial charge in [-0.3, -0.25) is 4.79 Å². The van der Waals surface area contributed by atoms with Crippen molar-refractivity contribution >= 4 is 17.2 Å². The molecule has 4 nitrogen and oxygen atoms in total. The summed E-state index contributed by atoms with van der Waals surface area (Å²) in [5.41, 5.74) is 0. The SMILES string of the molecule is C[C@H](c1cccs1)N1C(=O)CC[C@@H]1CCNCCOc1ccc(F)cc1. The van der Waals surface area contributed by atoms with E-state index in [1.165, 1.54) is 17.0 Å². The number of thiophene rings is 1. The number of ether oxygens (including phenoxy) is 1. The van der Waals surface area contributed by atoms with E-state index in [9.17, 15) is 9.18 Å². The minimum atomic E-state index is -0.261. The van der Waals surface area contributed by atoms with Crippen LogP contribution < -0.4 is 10.1 Å². The average molecular weight is 376 g/mol. The Morgan fingerprint density at radius 2 is 2.12 bits per heavy atom. The molecule has 1 fully saturated rings. The fourth-order valence-corrected chi connectivity index (χ4v) is 4.19. The van der Waals surface area contributed by atoms with Gasteiger partial charge in [0.1, 0.15) is 18.2 Å². The highest BCUT2D eigenvalue weighted by atomic mass is 32.1. The molecule has 1 amide bonds. The van der Waals surface area contributed by atoms with E-state index in [4.69, 9.17) is 4.74 Å². The lowest BCUT2D eigenvalue weighted by Crippen LogP contribution is -2.37. The van der Waals surface area contributed by atoms with Gasteiger partial charge in [-0.25, -0.2) is 4.39 Å². The van der Waals surface area contributed by atoms with Crippen molar-refractivity contribution in [1.29, 1.82) is 0 Å². The maximum Gasteiger partial charge on any atom is 0.223 e. The van der Waals surface area contributed by atoms with Crippen LogP contribution in [0.4, 0.5) is 4.39 Å². The van der Waals surface area contributed by atoms with Crippen molar-refractivity contribution in [2.75, 3.05) is 19.7 Å². The zero-order chi connectivity index (χ0) is 18.4. The van der Waals surface area contributed by atoms with Crippen molar-refractivity contribution in [3.63, 3.8) is 0 Å². The molecule has 0 bridgehead atoms. The molecule has 1 saturated heterocycles. The third-order valence-corrected chi connectivity index (χ3v) is 5.80. The number of carbonyl (C=O) groups is 1. The summed E-state index contributed by atoms with van der Waals surface area (Å²) in [7, 11) is 0. The Morgan fingerprint density at radius 1 is 1.31 bits per heavy atom. The largest absolute Gasteiger partial charge is 0.492 e. The van der Waals surface area contributed by atoms with Gasteiger partial charge in [0.25, 0.3) is 0 Å². The van der Waals surface area contributed by atoms with Crippen LogP contribution in [0, 0.1) is 5.82 Å². The van der Waals surface area contributed by atoms with E-state index < -0.39 is 0 Å². The summed E-state index contributed by atoms with van der Waals surface area (Å²) >= 11 is 1.71. The van der Waals surface area contributed by atoms with Gasteiger partial charge in [0.2, 0.25) is 5.91 Å². The molecule has 0 radical (unpaired) electrons. The normalized spacial score (nSPS) is 18.3. The van der Waals surface area contributed by atoms with Crippen LogP contribution in [-0.2, 0) is 4.79 Å². The van der Waals surface area contributed by atoms with Gasteiger partial charge < -0.3 is 15.0 Å². The molecule has 140 valence electrons. The minimum Gasteiger partial charge on any atom is -0.492 e. The van der Waals surface area contributed by atoms with Crippen molar-refractivity contribution in [2.45, 2.75) is 38.3 Å². The van der Waals surface area contributed by atoms with Crippen molar-refractivity contribution < 1.29 is 13.9 Å². The Morgan fingerprint density at radius 3 is 2.85 bits per heavy atom. The lowest BCUT2D eigenvalue weighted by atomic mass is 10.1. The molecular weight excluding hydrogens is 351 g/mol. The summed E-state index contributed by atoms with van der Waals surface area (Å²) in [6, 6.07) is 10.6. The summed E-state index contributed by atoms with van der Waals surface area (Å²) in [6.45, 7) is 4.22. The van der Waals surface area contributed by atoms with Crippen molar-refractivity contribution in [3.8, 4) is 5.75 Å². The quantitative estimate of drug-likeness (QED) is 0.673. The van der Waals surface area contributed by atoms with Crippen LogP contribution in [0.1, 0.15) is 37.1 Å². The Labute approximate surface area is 158 Å². The molecule has 2 atom stereocenters. The lowest BCUT2D eigenvalue weighted by Gasteiger charge is -2.30. The second kappa shape index (κ2) is 9.14. The summed E-state index contributed by atoms with van der Waals surface area (Å²) in [5.74, 6) is 0.670. The summed E-state index contributed by atoms with van der Waals surface area (Å²) in [6.07, 6.45) is 2.52. The second-order valence-corrected chi connectivity index (χ2v) is 7.51. The van der Waals surface area contributed by atoms with Crippen LogP contribution in [-0.4, -0.2) is 36.5 Å². The Balaban J connectivity index is 1.38. The number of nitrogens with zero attached hydrogens (tertiary/aromatic N) is 1. The number of nitrogens with one attached hydrogen (secondary N) is 1. The van der Waals surface area contributed by atoms with Crippen molar-refractivity contribution in [2.24, 2.45) is 0 Å². The van der Waals surface area contributed by atoms with Gasteiger partial charge in [-0.05, 0) is 62.0 Å². The molecule has 1 aliphatic heterocycles. The van der Waals surface area contributed by atoms with E-state index in [1.807, 2.05) is 6.07 Å². The zero-order valence-corrected chi connectivity index (χ0v) is 15.8. The molecular formula is C20H25FN2O2S. The number of likely N-dealkylation sites (tertiary alicyclic amines) is 1. The minimum absolute atomic E-state index is 0.150. The molecule has 1 aromatic carbocycles. The standard InChI is InChI=1S/C20H25FN2O2S/c1-15(19-3-2-14-26-19)23-17(6-9-20(23)24)10-11-22-12-13-25-18-7-4-16(21)5-8-18/h2-5,7-8,14-15,17,22H,6,9-13H2,1H3/t15-,17-/m1/s1. The monoisotopic (exact) mass is 376 g/mol.